The molecule has 2 atom stereocenters. The Balaban J connectivity index is 3.84. The number of rotatable bonds is 10. The van der Waals surface area contributed by atoms with Crippen LogP contribution in [0.1, 0.15) is 6.92 Å². The van der Waals surface area contributed by atoms with Gasteiger partial charge < -0.3 is 20.5 Å². The highest BCUT2D eigenvalue weighted by atomic mass is 32.2. The minimum atomic E-state index is -1.12. The Hall–Kier alpha value is -1.28. The summed E-state index contributed by atoms with van der Waals surface area (Å²) in [5.41, 5.74) is 0. The van der Waals surface area contributed by atoms with Crippen molar-refractivity contribution in [3.05, 3.63) is 0 Å². The standard InChI is InChI=1S/C10H18N2O5S/c1-7(3-17-2)12-9(14)5-18-4-8(10(15)16)11-6-13/h6-8H,3-5H2,1-2H3,(H,11,13)(H,12,14)(H,15,16). The molecule has 104 valence electrons. The summed E-state index contributed by atoms with van der Waals surface area (Å²) >= 11 is 1.14. The first-order chi connectivity index (χ1) is 8.51. The van der Waals surface area contributed by atoms with Crippen molar-refractivity contribution < 1.29 is 24.2 Å². The lowest BCUT2D eigenvalue weighted by atomic mass is 10.3. The zero-order valence-electron chi connectivity index (χ0n) is 10.3. The molecular weight excluding hydrogens is 260 g/mol. The van der Waals surface area contributed by atoms with Gasteiger partial charge in [-0.3, -0.25) is 9.59 Å². The quantitative estimate of drug-likeness (QED) is 0.446. The lowest BCUT2D eigenvalue weighted by molar-refractivity contribution is -0.139. The first kappa shape index (κ1) is 16.7. The fourth-order valence-electron chi connectivity index (χ4n) is 1.15. The smallest absolute Gasteiger partial charge is 0.327 e. The van der Waals surface area contributed by atoms with Crippen LogP contribution in [0.25, 0.3) is 0 Å². The van der Waals surface area contributed by atoms with Gasteiger partial charge in [0.2, 0.25) is 12.3 Å². The van der Waals surface area contributed by atoms with Crippen LogP contribution in [0.15, 0.2) is 0 Å². The van der Waals surface area contributed by atoms with Crippen LogP contribution in [0.3, 0.4) is 0 Å². The molecule has 0 aromatic carbocycles. The van der Waals surface area contributed by atoms with Crippen LogP contribution in [-0.2, 0) is 19.1 Å². The van der Waals surface area contributed by atoms with E-state index in [1.165, 1.54) is 0 Å². The van der Waals surface area contributed by atoms with Crippen LogP contribution < -0.4 is 10.6 Å². The van der Waals surface area contributed by atoms with Crippen LogP contribution in [0.4, 0.5) is 0 Å². The van der Waals surface area contributed by atoms with Gasteiger partial charge >= 0.3 is 5.97 Å². The van der Waals surface area contributed by atoms with Crippen molar-refractivity contribution in [1.29, 1.82) is 0 Å². The van der Waals surface area contributed by atoms with Gasteiger partial charge in [0.15, 0.2) is 0 Å². The highest BCUT2D eigenvalue weighted by Crippen LogP contribution is 2.03. The Morgan fingerprint density at radius 3 is 2.67 bits per heavy atom. The molecule has 0 aliphatic rings. The molecule has 0 rings (SSSR count). The highest BCUT2D eigenvalue weighted by Gasteiger charge is 2.16. The summed E-state index contributed by atoms with van der Waals surface area (Å²) in [4.78, 5) is 32.2. The molecule has 7 nitrogen and oxygen atoms in total. The van der Waals surface area contributed by atoms with Gasteiger partial charge in [0.1, 0.15) is 6.04 Å². The first-order valence-electron chi connectivity index (χ1n) is 5.29. The van der Waals surface area contributed by atoms with Gasteiger partial charge in [0, 0.05) is 18.9 Å². The van der Waals surface area contributed by atoms with E-state index >= 15 is 0 Å². The Kier molecular flexibility index (Phi) is 9.03. The number of nitrogens with one attached hydrogen (secondary N) is 2. The summed E-state index contributed by atoms with van der Waals surface area (Å²) in [6, 6.07) is -1.07. The maximum atomic E-state index is 11.4. The van der Waals surface area contributed by atoms with E-state index in [9.17, 15) is 14.4 Å². The van der Waals surface area contributed by atoms with Crippen molar-refractivity contribution in [2.24, 2.45) is 0 Å². The molecule has 2 amide bonds. The second-order valence-corrected chi connectivity index (χ2v) is 4.64. The number of aliphatic carboxylic acids is 1. The number of thioether (sulfide) groups is 1. The van der Waals surface area contributed by atoms with Gasteiger partial charge in [-0.05, 0) is 6.92 Å². The Morgan fingerprint density at radius 2 is 2.17 bits per heavy atom. The third-order valence-electron chi connectivity index (χ3n) is 1.91. The monoisotopic (exact) mass is 278 g/mol. The number of carboxylic acids is 1. The number of carbonyl (C=O) groups is 3. The van der Waals surface area contributed by atoms with Gasteiger partial charge in [-0.15, -0.1) is 11.8 Å². The SMILES string of the molecule is COCC(C)NC(=O)CSCC(NC=O)C(=O)O. The summed E-state index contributed by atoms with van der Waals surface area (Å²) in [5, 5.41) is 13.6. The Bertz CT molecular complexity index is 287. The second kappa shape index (κ2) is 9.72. The van der Waals surface area contributed by atoms with E-state index in [2.05, 4.69) is 10.6 Å². The van der Waals surface area contributed by atoms with Gasteiger partial charge in [0.05, 0.1) is 12.4 Å². The zero-order chi connectivity index (χ0) is 14.0. The molecule has 18 heavy (non-hydrogen) atoms. The fraction of sp³-hybridized carbons (Fsp3) is 0.700. The van der Waals surface area contributed by atoms with Gasteiger partial charge in [-0.2, -0.15) is 0 Å². The third-order valence-corrected chi connectivity index (χ3v) is 2.94. The number of ether oxygens (including phenoxy) is 1. The van der Waals surface area contributed by atoms with Crippen molar-refractivity contribution in [2.45, 2.75) is 19.0 Å². The van der Waals surface area contributed by atoms with E-state index in [1.54, 1.807) is 14.0 Å². The van der Waals surface area contributed by atoms with E-state index in [4.69, 9.17) is 9.84 Å². The van der Waals surface area contributed by atoms with Gasteiger partial charge in [-0.1, -0.05) is 0 Å². The summed E-state index contributed by atoms with van der Waals surface area (Å²) in [6.45, 7) is 2.22. The predicted octanol–water partition coefficient (Wildman–Crippen LogP) is -0.930. The number of carboxylic acid groups (broad SMARTS) is 1. The average molecular weight is 278 g/mol. The van der Waals surface area contributed by atoms with Crippen molar-refractivity contribution in [1.82, 2.24) is 10.6 Å². The molecular formula is C10H18N2O5S. The van der Waals surface area contributed by atoms with Crippen LogP contribution in [0, 0.1) is 0 Å². The van der Waals surface area contributed by atoms with Crippen molar-refractivity contribution in [3.8, 4) is 0 Å². The molecule has 0 aromatic rings. The van der Waals surface area contributed by atoms with Crippen LogP contribution >= 0.6 is 11.8 Å². The molecule has 0 aliphatic heterocycles. The molecule has 0 saturated carbocycles. The molecule has 0 radical (unpaired) electrons. The molecule has 0 aromatic heterocycles. The molecule has 2 unspecified atom stereocenters. The van der Waals surface area contributed by atoms with Crippen molar-refractivity contribution in [3.63, 3.8) is 0 Å². The first-order valence-corrected chi connectivity index (χ1v) is 6.45. The largest absolute Gasteiger partial charge is 0.480 e. The number of hydrogen-bond donors (Lipinski definition) is 3. The van der Waals surface area contributed by atoms with Gasteiger partial charge in [0.25, 0.3) is 0 Å². The van der Waals surface area contributed by atoms with E-state index in [-0.39, 0.29) is 23.5 Å². The number of amides is 2. The van der Waals surface area contributed by atoms with E-state index < -0.39 is 12.0 Å². The van der Waals surface area contributed by atoms with E-state index in [0.717, 1.165) is 11.8 Å². The molecule has 8 heteroatoms. The summed E-state index contributed by atoms with van der Waals surface area (Å²) in [7, 11) is 1.54. The summed E-state index contributed by atoms with van der Waals surface area (Å²) in [6.07, 6.45) is 0.333. The third kappa shape index (κ3) is 7.91. The molecule has 3 N–H and O–H groups in total. The normalized spacial score (nSPS) is 13.4. The maximum Gasteiger partial charge on any atom is 0.327 e. The molecule has 0 bridgehead atoms. The zero-order valence-corrected chi connectivity index (χ0v) is 11.2. The number of carbonyl (C=O) groups excluding carboxylic acids is 2. The summed E-state index contributed by atoms with van der Waals surface area (Å²) in [5.74, 6) is -1.04. The lowest BCUT2D eigenvalue weighted by Gasteiger charge is -2.13. The highest BCUT2D eigenvalue weighted by molar-refractivity contribution is 8.00. The summed E-state index contributed by atoms with van der Waals surface area (Å²) < 4.78 is 4.86. The number of methoxy groups -OCH3 is 1. The van der Waals surface area contributed by atoms with Gasteiger partial charge in [-0.25, -0.2) is 4.79 Å². The number of hydrogen-bond acceptors (Lipinski definition) is 5. The van der Waals surface area contributed by atoms with Crippen molar-refractivity contribution >= 4 is 30.0 Å². The molecule has 0 fully saturated rings. The molecule has 0 saturated heterocycles. The second-order valence-electron chi connectivity index (χ2n) is 3.61. The van der Waals surface area contributed by atoms with Crippen LogP contribution in [0.5, 0.6) is 0 Å². The Morgan fingerprint density at radius 1 is 1.50 bits per heavy atom. The van der Waals surface area contributed by atoms with Crippen LogP contribution in [-0.4, -0.2) is 60.7 Å². The molecule has 0 spiro atoms. The predicted molar refractivity (Wildman–Crippen MR) is 67.4 cm³/mol. The molecule has 0 aliphatic carbocycles. The Labute approximate surface area is 110 Å². The van der Waals surface area contributed by atoms with E-state index in [0.29, 0.717) is 13.0 Å². The minimum Gasteiger partial charge on any atom is -0.480 e. The van der Waals surface area contributed by atoms with Crippen molar-refractivity contribution in [2.75, 3.05) is 25.2 Å². The average Bonchev–Trinajstić information content (AvgIpc) is 2.27. The molecule has 0 heterocycles. The van der Waals surface area contributed by atoms with Crippen LogP contribution in [0.2, 0.25) is 0 Å². The fourth-order valence-corrected chi connectivity index (χ4v) is 2.01. The minimum absolute atomic E-state index is 0.0912. The topological polar surface area (TPSA) is 105 Å². The maximum absolute atomic E-state index is 11.4. The van der Waals surface area contributed by atoms with E-state index in [1.807, 2.05) is 0 Å². The lowest BCUT2D eigenvalue weighted by Crippen LogP contribution is -2.39.